The molecule has 0 amide bonds. The van der Waals surface area contributed by atoms with E-state index in [2.05, 4.69) is 5.16 Å². The number of aliphatic hydroxyl groups is 1. The number of nitrogens with zero attached hydrogens (tertiary/aromatic N) is 1. The zero-order chi connectivity index (χ0) is 19.0. The van der Waals surface area contributed by atoms with Gasteiger partial charge in [0.25, 0.3) is 0 Å². The van der Waals surface area contributed by atoms with E-state index in [1.165, 1.54) is 12.2 Å². The first-order valence-corrected chi connectivity index (χ1v) is 8.89. The van der Waals surface area contributed by atoms with Gasteiger partial charge in [-0.25, -0.2) is 4.39 Å². The number of aliphatic hydroxyl groups excluding tert-OH is 1. The lowest BCUT2D eigenvalue weighted by Crippen LogP contribution is -2.22. The number of oxime groups is 1. The van der Waals surface area contributed by atoms with Crippen molar-refractivity contribution in [1.29, 1.82) is 0 Å². The van der Waals surface area contributed by atoms with Gasteiger partial charge in [0.1, 0.15) is 11.9 Å². The van der Waals surface area contributed by atoms with Gasteiger partial charge in [-0.15, -0.1) is 0 Å². The van der Waals surface area contributed by atoms with Crippen LogP contribution in [0.4, 0.5) is 4.39 Å². The maximum atomic E-state index is 13.6. The van der Waals surface area contributed by atoms with E-state index in [1.54, 1.807) is 0 Å². The number of carbonyl (C=O) groups excluding carboxylic acids is 1. The number of carbonyl (C=O) groups is 1. The third-order valence-electron chi connectivity index (χ3n) is 3.65. The highest BCUT2D eigenvalue weighted by Gasteiger charge is 2.30. The second-order valence-corrected chi connectivity index (χ2v) is 7.23. The summed E-state index contributed by atoms with van der Waals surface area (Å²) in [5, 5.41) is 13.4. The summed E-state index contributed by atoms with van der Waals surface area (Å²) in [6.45, 7) is 10.3. The minimum atomic E-state index is -0.636. The van der Waals surface area contributed by atoms with Gasteiger partial charge >= 0.3 is 5.97 Å². The van der Waals surface area contributed by atoms with Gasteiger partial charge in [-0.05, 0) is 30.4 Å². The Labute approximate surface area is 149 Å². The normalized spacial score (nSPS) is 23.2. The number of hydrogen-bond donors (Lipinski definition) is 1. The van der Waals surface area contributed by atoms with Gasteiger partial charge in [0.2, 0.25) is 0 Å². The van der Waals surface area contributed by atoms with Gasteiger partial charge in [-0.1, -0.05) is 39.8 Å². The van der Waals surface area contributed by atoms with Gasteiger partial charge in [0.15, 0.2) is 5.83 Å². The van der Waals surface area contributed by atoms with Gasteiger partial charge in [0, 0.05) is 12.3 Å². The molecule has 6 heteroatoms. The van der Waals surface area contributed by atoms with Crippen molar-refractivity contribution >= 4 is 11.7 Å². The van der Waals surface area contributed by atoms with Crippen molar-refractivity contribution < 1.29 is 23.9 Å². The molecule has 5 nitrogen and oxygen atoms in total. The first-order chi connectivity index (χ1) is 11.7. The highest BCUT2D eigenvalue weighted by Crippen LogP contribution is 2.28. The summed E-state index contributed by atoms with van der Waals surface area (Å²) < 4.78 is 18.8. The van der Waals surface area contributed by atoms with E-state index >= 15 is 0 Å². The average molecular weight is 355 g/mol. The van der Waals surface area contributed by atoms with Gasteiger partial charge in [-0.2, -0.15) is 0 Å². The third-order valence-corrected chi connectivity index (χ3v) is 3.65. The van der Waals surface area contributed by atoms with Crippen LogP contribution in [0.15, 0.2) is 28.9 Å². The monoisotopic (exact) mass is 355 g/mol. The molecule has 1 N–H and O–H groups in total. The summed E-state index contributed by atoms with van der Waals surface area (Å²) in [6.07, 6.45) is 4.29. The predicted molar refractivity (Wildman–Crippen MR) is 95.9 cm³/mol. The van der Waals surface area contributed by atoms with Crippen LogP contribution in [0, 0.1) is 11.3 Å². The number of esters is 1. The molecule has 0 bridgehead atoms. The van der Waals surface area contributed by atoms with Crippen LogP contribution < -0.4 is 0 Å². The Morgan fingerprint density at radius 3 is 2.76 bits per heavy atom. The van der Waals surface area contributed by atoms with Crippen LogP contribution in [0.2, 0.25) is 0 Å². The molecule has 1 aliphatic heterocycles. The van der Waals surface area contributed by atoms with Crippen molar-refractivity contribution in [2.75, 3.05) is 6.61 Å². The van der Waals surface area contributed by atoms with E-state index < -0.39 is 5.83 Å². The topological polar surface area (TPSA) is 68.1 Å². The first-order valence-electron chi connectivity index (χ1n) is 8.89. The molecule has 25 heavy (non-hydrogen) atoms. The van der Waals surface area contributed by atoms with E-state index in [1.807, 2.05) is 34.6 Å². The number of halogens is 1. The van der Waals surface area contributed by atoms with Crippen molar-refractivity contribution in [2.24, 2.45) is 16.5 Å². The Bertz CT molecular complexity index is 546. The molecule has 0 aromatic rings. The quantitative estimate of drug-likeness (QED) is 0.733. The Balaban J connectivity index is 0.00000151. The molecule has 2 aliphatic rings. The molecular weight excluding hydrogens is 325 g/mol. The Hall–Kier alpha value is -1.85. The van der Waals surface area contributed by atoms with Gasteiger partial charge < -0.3 is 14.7 Å². The summed E-state index contributed by atoms with van der Waals surface area (Å²) in [5.41, 5.74) is 0.628. The Morgan fingerprint density at radius 1 is 1.44 bits per heavy atom. The SMILES string of the molecule is CC.CC(C)(C)COC(=O)CC1CC(C2C=C(F)C(O)=CCC2)=NO1. The molecule has 2 unspecified atom stereocenters. The summed E-state index contributed by atoms with van der Waals surface area (Å²) in [4.78, 5) is 17.1. The standard InChI is InChI=1S/C17H24FNO4.C2H6/c1-17(2,3)10-22-16(21)9-12-8-14(19-23-12)11-5-4-6-15(20)13(18)7-11;1-2/h6-7,11-12,20H,4-5,8-10H2,1-3H3;1-2H3. The van der Waals surface area contributed by atoms with E-state index in [0.717, 1.165) is 0 Å². The fraction of sp³-hybridized carbons (Fsp3) is 0.684. The molecule has 0 spiro atoms. The van der Waals surface area contributed by atoms with E-state index in [4.69, 9.17) is 9.57 Å². The summed E-state index contributed by atoms with van der Waals surface area (Å²) in [7, 11) is 0. The second-order valence-electron chi connectivity index (χ2n) is 7.23. The average Bonchev–Trinajstić information content (AvgIpc) is 2.94. The lowest BCUT2D eigenvalue weighted by molar-refractivity contribution is -0.149. The molecule has 2 atom stereocenters. The molecule has 0 aromatic carbocycles. The first kappa shape index (κ1) is 21.2. The van der Waals surface area contributed by atoms with Crippen LogP contribution >= 0.6 is 0 Å². The molecule has 0 fully saturated rings. The van der Waals surface area contributed by atoms with E-state index in [0.29, 0.717) is 31.6 Å². The van der Waals surface area contributed by atoms with Crippen LogP contribution in [0.3, 0.4) is 0 Å². The van der Waals surface area contributed by atoms with Crippen molar-refractivity contribution in [3.63, 3.8) is 0 Å². The Kier molecular flexibility index (Phi) is 8.13. The van der Waals surface area contributed by atoms with E-state index in [9.17, 15) is 14.3 Å². The van der Waals surface area contributed by atoms with Gasteiger partial charge in [-0.3, -0.25) is 4.79 Å². The fourth-order valence-corrected chi connectivity index (χ4v) is 2.43. The smallest absolute Gasteiger partial charge is 0.309 e. The molecule has 1 aliphatic carbocycles. The minimum absolute atomic E-state index is 0.0779. The van der Waals surface area contributed by atoms with Crippen molar-refractivity contribution in [3.8, 4) is 0 Å². The zero-order valence-electron chi connectivity index (χ0n) is 15.8. The lowest BCUT2D eigenvalue weighted by Gasteiger charge is -2.18. The molecule has 142 valence electrons. The fourth-order valence-electron chi connectivity index (χ4n) is 2.43. The molecule has 0 saturated heterocycles. The van der Waals surface area contributed by atoms with E-state index in [-0.39, 0.29) is 35.6 Å². The van der Waals surface area contributed by atoms with Gasteiger partial charge in [0.05, 0.1) is 18.7 Å². The van der Waals surface area contributed by atoms with Crippen molar-refractivity contribution in [1.82, 2.24) is 0 Å². The summed E-state index contributed by atoms with van der Waals surface area (Å²) in [6, 6.07) is 0. The Morgan fingerprint density at radius 2 is 2.12 bits per heavy atom. The van der Waals surface area contributed by atoms with Crippen LogP contribution in [0.5, 0.6) is 0 Å². The number of allylic oxidation sites excluding steroid dienone is 3. The highest BCUT2D eigenvalue weighted by atomic mass is 19.1. The molecule has 2 rings (SSSR count). The molecule has 0 aromatic heterocycles. The minimum Gasteiger partial charge on any atom is -0.505 e. The molecular formula is C19H30FNO4. The second kappa shape index (κ2) is 9.59. The lowest BCUT2D eigenvalue weighted by atomic mass is 9.94. The van der Waals surface area contributed by atoms with Crippen LogP contribution in [-0.4, -0.2) is 29.5 Å². The maximum absolute atomic E-state index is 13.6. The van der Waals surface area contributed by atoms with Crippen LogP contribution in [0.1, 0.15) is 60.3 Å². The number of rotatable bonds is 4. The number of ether oxygens (including phenoxy) is 1. The van der Waals surface area contributed by atoms with Crippen LogP contribution in [0.25, 0.3) is 0 Å². The van der Waals surface area contributed by atoms with Crippen molar-refractivity contribution in [2.45, 2.75) is 66.4 Å². The predicted octanol–water partition coefficient (Wildman–Crippen LogP) is 4.84. The number of hydrogen-bond acceptors (Lipinski definition) is 5. The van der Waals surface area contributed by atoms with Crippen LogP contribution in [-0.2, 0) is 14.4 Å². The molecule has 1 heterocycles. The zero-order valence-corrected chi connectivity index (χ0v) is 15.8. The highest BCUT2D eigenvalue weighted by molar-refractivity contribution is 5.90. The maximum Gasteiger partial charge on any atom is 0.309 e. The largest absolute Gasteiger partial charge is 0.505 e. The van der Waals surface area contributed by atoms with Crippen molar-refractivity contribution in [3.05, 3.63) is 23.7 Å². The third kappa shape index (κ3) is 7.28. The summed E-state index contributed by atoms with van der Waals surface area (Å²) >= 11 is 0. The molecule has 0 radical (unpaired) electrons. The summed E-state index contributed by atoms with van der Waals surface area (Å²) in [5.74, 6) is -1.49. The molecule has 0 saturated carbocycles.